The highest BCUT2D eigenvalue weighted by Gasteiger charge is 2.02. The summed E-state index contributed by atoms with van der Waals surface area (Å²) in [5, 5.41) is 2.31. The van der Waals surface area contributed by atoms with Gasteiger partial charge in [0.25, 0.3) is 0 Å². The smallest absolute Gasteiger partial charge is 0.162 e. The fourth-order valence-electron chi connectivity index (χ4n) is 2.86. The van der Waals surface area contributed by atoms with Crippen molar-refractivity contribution in [2.45, 2.75) is 39.5 Å². The minimum absolute atomic E-state index is 0. The van der Waals surface area contributed by atoms with Crippen LogP contribution in [0, 0.1) is 13.0 Å². The standard InChI is InChI=1S/C13H12O.C13H15O.H2.H/c1-2-13(14)12-8-7-10-5-3-4-6-11(10)9-12;1-3-13(14)6-4-5-12-9-7-11(2)8-10-12;;/h3-9H,2H2,1H3;7-10H,1,4-6H2,2H3;1H;. The largest absolute Gasteiger partial charge is 0.294 e. The molecule has 2 nitrogen and oxygen atoms in total. The Morgan fingerprint density at radius 2 is 1.68 bits per heavy atom. The van der Waals surface area contributed by atoms with Gasteiger partial charge in [-0.1, -0.05) is 79.7 Å². The van der Waals surface area contributed by atoms with Gasteiger partial charge in [-0.05, 0) is 42.2 Å². The molecule has 0 fully saturated rings. The van der Waals surface area contributed by atoms with Crippen LogP contribution in [0.5, 0.6) is 0 Å². The first-order chi connectivity index (χ1) is 13.5. The molecule has 0 amide bonds. The van der Waals surface area contributed by atoms with E-state index in [1.807, 2.05) is 43.3 Å². The van der Waals surface area contributed by atoms with Gasteiger partial charge < -0.3 is 0 Å². The normalized spacial score (nSPS) is 10.1. The summed E-state index contributed by atoms with van der Waals surface area (Å²) in [6.07, 6.45) is 5.32. The van der Waals surface area contributed by atoms with E-state index < -0.39 is 0 Å². The molecule has 0 aromatic heterocycles. The Labute approximate surface area is 170 Å². The molecule has 0 heterocycles. The minimum Gasteiger partial charge on any atom is -0.294 e. The highest BCUT2D eigenvalue weighted by Crippen LogP contribution is 2.16. The number of ketones is 2. The maximum Gasteiger partial charge on any atom is 0.162 e. The van der Waals surface area contributed by atoms with Gasteiger partial charge in [0.15, 0.2) is 11.6 Å². The van der Waals surface area contributed by atoms with Gasteiger partial charge in [-0.15, -0.1) is 0 Å². The van der Waals surface area contributed by atoms with Crippen LogP contribution in [0.3, 0.4) is 0 Å². The second-order valence-electron chi connectivity index (χ2n) is 6.78. The number of carbonyl (C=O) groups excluding carboxylic acids is 2. The molecule has 0 aliphatic carbocycles. The van der Waals surface area contributed by atoms with E-state index in [2.05, 4.69) is 49.9 Å². The topological polar surface area (TPSA) is 34.1 Å². The van der Waals surface area contributed by atoms with E-state index >= 15 is 0 Å². The summed E-state index contributed by atoms with van der Waals surface area (Å²) in [5.74, 6) is 0.216. The molecule has 0 unspecified atom stereocenters. The number of hydrogen-bond donors (Lipinski definition) is 0. The Balaban J connectivity index is 0.000000526. The zero-order valence-corrected chi connectivity index (χ0v) is 16.7. The lowest BCUT2D eigenvalue weighted by atomic mass is 10.0. The van der Waals surface area contributed by atoms with Crippen molar-refractivity contribution in [2.75, 3.05) is 0 Å². The lowest BCUT2D eigenvalue weighted by Crippen LogP contribution is -1.95. The quantitative estimate of drug-likeness (QED) is 0.342. The highest BCUT2D eigenvalue weighted by atomic mass is 16.1. The van der Waals surface area contributed by atoms with Crippen molar-refractivity contribution in [1.82, 2.24) is 0 Å². The van der Waals surface area contributed by atoms with Gasteiger partial charge in [0.1, 0.15) is 0 Å². The fraction of sp³-hybridized carbons (Fsp3) is 0.231. The molecule has 3 aromatic rings. The van der Waals surface area contributed by atoms with Crippen molar-refractivity contribution in [1.29, 1.82) is 0 Å². The van der Waals surface area contributed by atoms with Crippen molar-refractivity contribution >= 4 is 22.3 Å². The van der Waals surface area contributed by atoms with E-state index in [-0.39, 0.29) is 14.4 Å². The Hall–Kier alpha value is -3.00. The van der Waals surface area contributed by atoms with Crippen molar-refractivity contribution < 1.29 is 12.4 Å². The van der Waals surface area contributed by atoms with Crippen LogP contribution in [0.4, 0.5) is 0 Å². The summed E-state index contributed by atoms with van der Waals surface area (Å²) < 4.78 is 0. The van der Waals surface area contributed by atoms with Gasteiger partial charge in [-0.25, -0.2) is 0 Å². The summed E-state index contributed by atoms with van der Waals surface area (Å²) in [7, 11) is 0. The first-order valence-corrected chi connectivity index (χ1v) is 9.67. The molecule has 0 atom stereocenters. The number of allylic oxidation sites excluding steroid dienone is 1. The molecule has 2 radical (unpaired) electrons. The molecule has 2 heteroatoms. The van der Waals surface area contributed by atoms with Crippen LogP contribution < -0.4 is 0 Å². The van der Waals surface area contributed by atoms with Crippen molar-refractivity contribution in [2.24, 2.45) is 0 Å². The van der Waals surface area contributed by atoms with E-state index in [9.17, 15) is 9.59 Å². The first kappa shape index (κ1) is 21.3. The van der Waals surface area contributed by atoms with Crippen molar-refractivity contribution in [3.63, 3.8) is 0 Å². The van der Waals surface area contributed by atoms with Crippen LogP contribution in [0.1, 0.15) is 50.5 Å². The van der Waals surface area contributed by atoms with Gasteiger partial charge in [0, 0.05) is 27.3 Å². The average Bonchev–Trinajstić information content (AvgIpc) is 2.74. The first-order valence-electron chi connectivity index (χ1n) is 9.67. The predicted octanol–water partition coefficient (Wildman–Crippen LogP) is 6.67. The Bertz CT molecular complexity index is 947. The molecule has 3 aromatic carbocycles. The third-order valence-electron chi connectivity index (χ3n) is 4.58. The third kappa shape index (κ3) is 6.62. The number of benzene rings is 3. The number of hydrogen-bond acceptors (Lipinski definition) is 2. The molecule has 0 bridgehead atoms. The van der Waals surface area contributed by atoms with E-state index in [1.165, 1.54) is 16.5 Å². The summed E-state index contributed by atoms with van der Waals surface area (Å²) in [4.78, 5) is 22.3. The number of aryl methyl sites for hydroxylation is 2. The molecular weight excluding hydrogens is 344 g/mol. The SMILES string of the molecule is C=[C]C(=O)CCCc1ccc(C)cc1.CCC(=O)c1ccc2ccccc2c1.[HH].[H]. The minimum atomic E-state index is 0. The van der Waals surface area contributed by atoms with Crippen LogP contribution in [-0.4, -0.2) is 11.6 Å². The van der Waals surface area contributed by atoms with E-state index in [0.717, 1.165) is 23.8 Å². The van der Waals surface area contributed by atoms with Crippen molar-refractivity contribution in [3.05, 3.63) is 96.1 Å². The van der Waals surface area contributed by atoms with Crippen molar-refractivity contribution in [3.8, 4) is 0 Å². The molecule has 0 spiro atoms. The van der Waals surface area contributed by atoms with Gasteiger partial charge in [0.05, 0.1) is 0 Å². The molecule has 0 aliphatic heterocycles. The lowest BCUT2D eigenvalue weighted by Gasteiger charge is -2.00. The van der Waals surface area contributed by atoms with Crippen LogP contribution >= 0.6 is 0 Å². The molecule has 0 saturated carbocycles. The second-order valence-corrected chi connectivity index (χ2v) is 6.78. The highest BCUT2D eigenvalue weighted by molar-refractivity contribution is 5.99. The van der Waals surface area contributed by atoms with E-state index in [1.54, 1.807) is 0 Å². The summed E-state index contributed by atoms with van der Waals surface area (Å²) in [5.41, 5.74) is 3.36. The van der Waals surface area contributed by atoms with E-state index in [4.69, 9.17) is 0 Å². The molecular formula is C26H30O2. The number of carbonyl (C=O) groups is 2. The maximum absolute atomic E-state index is 11.5. The molecule has 28 heavy (non-hydrogen) atoms. The number of fused-ring (bicyclic) bond motifs is 1. The Morgan fingerprint density at radius 3 is 2.32 bits per heavy atom. The van der Waals surface area contributed by atoms with Gasteiger partial charge in [0.2, 0.25) is 0 Å². The average molecular weight is 375 g/mol. The fourth-order valence-corrected chi connectivity index (χ4v) is 2.86. The van der Waals surface area contributed by atoms with Crippen LogP contribution in [0.25, 0.3) is 10.8 Å². The number of rotatable bonds is 7. The molecule has 0 aliphatic rings. The van der Waals surface area contributed by atoms with Gasteiger partial charge >= 0.3 is 0 Å². The van der Waals surface area contributed by atoms with Gasteiger partial charge in [-0.3, -0.25) is 9.59 Å². The predicted molar refractivity (Wildman–Crippen MR) is 120 cm³/mol. The molecule has 3 rings (SSSR count). The van der Waals surface area contributed by atoms with E-state index in [0.29, 0.717) is 12.8 Å². The zero-order valence-electron chi connectivity index (χ0n) is 17.7. The molecule has 0 N–H and O–H groups in total. The summed E-state index contributed by atoms with van der Waals surface area (Å²) in [6, 6.07) is 22.3. The summed E-state index contributed by atoms with van der Waals surface area (Å²) >= 11 is 0. The number of Topliss-reactive ketones (excluding diaryl/α,β-unsaturated/α-hetero) is 2. The Morgan fingerprint density at radius 1 is 1.00 bits per heavy atom. The summed E-state index contributed by atoms with van der Waals surface area (Å²) in [6.45, 7) is 7.28. The second kappa shape index (κ2) is 11.0. The monoisotopic (exact) mass is 374 g/mol. The molecule has 146 valence electrons. The van der Waals surface area contributed by atoms with Crippen LogP contribution in [0.2, 0.25) is 0 Å². The zero-order chi connectivity index (χ0) is 20.4. The van der Waals surface area contributed by atoms with Crippen LogP contribution in [-0.2, 0) is 11.2 Å². The third-order valence-corrected chi connectivity index (χ3v) is 4.58. The Kier molecular flexibility index (Phi) is 8.36. The lowest BCUT2D eigenvalue weighted by molar-refractivity contribution is -0.115. The maximum atomic E-state index is 11.5. The van der Waals surface area contributed by atoms with Gasteiger partial charge in [-0.2, -0.15) is 0 Å². The van der Waals surface area contributed by atoms with Crippen LogP contribution in [0.15, 0.2) is 73.3 Å². The molecule has 0 saturated heterocycles.